The number of rotatable bonds is 4. The third-order valence-corrected chi connectivity index (χ3v) is 3.62. The predicted octanol–water partition coefficient (Wildman–Crippen LogP) is 4.91. The first kappa shape index (κ1) is 13.6. The van der Waals surface area contributed by atoms with Crippen molar-refractivity contribution in [3.8, 4) is 0 Å². The van der Waals surface area contributed by atoms with Gasteiger partial charge < -0.3 is 4.90 Å². The van der Waals surface area contributed by atoms with Gasteiger partial charge in [0.05, 0.1) is 11.9 Å². The first-order chi connectivity index (χ1) is 10.4. The molecule has 106 valence electrons. The highest BCUT2D eigenvalue weighted by atomic mass is 15.2. The number of likely N-dealkylation sites (tertiary alicyclic amines) is 1. The van der Waals surface area contributed by atoms with Crippen LogP contribution in [0.1, 0.15) is 18.4 Å². The molecule has 0 saturated carbocycles. The number of hydrogen-bond acceptors (Lipinski definition) is 3. The molecular weight excluding hydrogens is 258 g/mol. The molecular formula is C18H19N3. The zero-order valence-corrected chi connectivity index (χ0v) is 12.0. The standard InChI is InChI=1S/C18H19N3/c1-3-8-16(9-4-1)15-21-13-7-12-18(21)14-19-20-17-10-5-2-6-11-17/h1-6,8-11,14H,7,12-13,15H2/b18-14+,20-19?. The van der Waals surface area contributed by atoms with Gasteiger partial charge in [0, 0.05) is 18.8 Å². The van der Waals surface area contributed by atoms with Crippen molar-refractivity contribution in [2.45, 2.75) is 19.4 Å². The fourth-order valence-corrected chi connectivity index (χ4v) is 2.54. The largest absolute Gasteiger partial charge is 0.369 e. The molecule has 0 aromatic heterocycles. The van der Waals surface area contributed by atoms with E-state index in [-0.39, 0.29) is 0 Å². The molecule has 0 spiro atoms. The van der Waals surface area contributed by atoms with Gasteiger partial charge in [-0.3, -0.25) is 0 Å². The fourth-order valence-electron chi connectivity index (χ4n) is 2.54. The van der Waals surface area contributed by atoms with Gasteiger partial charge >= 0.3 is 0 Å². The number of hydrogen-bond donors (Lipinski definition) is 0. The second-order valence-corrected chi connectivity index (χ2v) is 5.18. The van der Waals surface area contributed by atoms with Crippen LogP contribution in [0.2, 0.25) is 0 Å². The molecule has 3 nitrogen and oxygen atoms in total. The minimum Gasteiger partial charge on any atom is -0.369 e. The van der Waals surface area contributed by atoms with Crippen LogP contribution in [-0.4, -0.2) is 11.4 Å². The van der Waals surface area contributed by atoms with E-state index in [0.717, 1.165) is 25.2 Å². The summed E-state index contributed by atoms with van der Waals surface area (Å²) in [5.41, 5.74) is 3.51. The second kappa shape index (κ2) is 6.84. The normalized spacial score (nSPS) is 17.0. The predicted molar refractivity (Wildman–Crippen MR) is 85.1 cm³/mol. The van der Waals surface area contributed by atoms with Crippen LogP contribution in [0.15, 0.2) is 82.8 Å². The maximum absolute atomic E-state index is 4.24. The number of benzene rings is 2. The summed E-state index contributed by atoms with van der Waals surface area (Å²) in [5, 5.41) is 8.47. The molecule has 1 fully saturated rings. The lowest BCUT2D eigenvalue weighted by Gasteiger charge is -2.19. The highest BCUT2D eigenvalue weighted by Crippen LogP contribution is 2.23. The quantitative estimate of drug-likeness (QED) is 0.730. The molecule has 1 aliphatic heterocycles. The number of nitrogens with zero attached hydrogens (tertiary/aromatic N) is 3. The van der Waals surface area contributed by atoms with E-state index in [9.17, 15) is 0 Å². The maximum atomic E-state index is 4.24. The number of azo groups is 1. The Kier molecular flexibility index (Phi) is 4.42. The molecule has 0 atom stereocenters. The van der Waals surface area contributed by atoms with Crippen LogP contribution in [0.3, 0.4) is 0 Å². The molecule has 0 N–H and O–H groups in total. The van der Waals surface area contributed by atoms with Gasteiger partial charge in [0.15, 0.2) is 0 Å². The van der Waals surface area contributed by atoms with Crippen molar-refractivity contribution in [1.82, 2.24) is 4.90 Å². The molecule has 3 heteroatoms. The first-order valence-electron chi connectivity index (χ1n) is 7.36. The number of allylic oxidation sites excluding steroid dienone is 1. The Balaban J connectivity index is 1.66. The van der Waals surface area contributed by atoms with E-state index in [1.54, 1.807) is 0 Å². The lowest BCUT2D eigenvalue weighted by Crippen LogP contribution is -2.16. The smallest absolute Gasteiger partial charge is 0.0856 e. The molecule has 0 radical (unpaired) electrons. The Morgan fingerprint density at radius 1 is 0.952 bits per heavy atom. The van der Waals surface area contributed by atoms with Crippen molar-refractivity contribution in [1.29, 1.82) is 0 Å². The fraction of sp³-hybridized carbons (Fsp3) is 0.222. The third kappa shape index (κ3) is 3.78. The lowest BCUT2D eigenvalue weighted by molar-refractivity contribution is 0.385. The van der Waals surface area contributed by atoms with Crippen molar-refractivity contribution >= 4 is 5.69 Å². The molecule has 21 heavy (non-hydrogen) atoms. The monoisotopic (exact) mass is 277 g/mol. The Bertz CT molecular complexity index is 617. The zero-order chi connectivity index (χ0) is 14.3. The molecule has 1 saturated heterocycles. The second-order valence-electron chi connectivity index (χ2n) is 5.18. The maximum Gasteiger partial charge on any atom is 0.0856 e. The van der Waals surface area contributed by atoms with Crippen LogP contribution in [-0.2, 0) is 6.54 Å². The molecule has 2 aromatic rings. The van der Waals surface area contributed by atoms with E-state index in [0.29, 0.717) is 0 Å². The van der Waals surface area contributed by atoms with Crippen LogP contribution in [0.4, 0.5) is 5.69 Å². The van der Waals surface area contributed by atoms with E-state index in [4.69, 9.17) is 0 Å². The van der Waals surface area contributed by atoms with Crippen LogP contribution in [0, 0.1) is 0 Å². The molecule has 0 aliphatic carbocycles. The van der Waals surface area contributed by atoms with E-state index in [1.807, 2.05) is 36.5 Å². The molecule has 1 heterocycles. The lowest BCUT2D eigenvalue weighted by atomic mass is 10.2. The average molecular weight is 277 g/mol. The van der Waals surface area contributed by atoms with Gasteiger partial charge in [-0.1, -0.05) is 48.5 Å². The summed E-state index contributed by atoms with van der Waals surface area (Å²) in [6, 6.07) is 20.4. The highest BCUT2D eigenvalue weighted by molar-refractivity contribution is 5.34. The minimum atomic E-state index is 0.891. The topological polar surface area (TPSA) is 28.0 Å². The van der Waals surface area contributed by atoms with Crippen molar-refractivity contribution < 1.29 is 0 Å². The van der Waals surface area contributed by atoms with Gasteiger partial charge in [-0.05, 0) is 30.5 Å². The van der Waals surface area contributed by atoms with Crippen molar-refractivity contribution in [2.75, 3.05) is 6.54 Å². The summed E-state index contributed by atoms with van der Waals surface area (Å²) in [4.78, 5) is 2.39. The van der Waals surface area contributed by atoms with Crippen LogP contribution < -0.4 is 0 Å². The van der Waals surface area contributed by atoms with Crippen molar-refractivity contribution in [2.24, 2.45) is 10.2 Å². The Hall–Kier alpha value is -2.42. The average Bonchev–Trinajstić information content (AvgIpc) is 2.97. The van der Waals surface area contributed by atoms with Crippen molar-refractivity contribution in [3.05, 3.63) is 78.1 Å². The Morgan fingerprint density at radius 2 is 1.67 bits per heavy atom. The van der Waals surface area contributed by atoms with E-state index < -0.39 is 0 Å². The molecule has 2 aromatic carbocycles. The van der Waals surface area contributed by atoms with Crippen LogP contribution >= 0.6 is 0 Å². The SMILES string of the molecule is C(/N=Nc1ccccc1)=C1/CCCN1Cc1ccccc1. The van der Waals surface area contributed by atoms with Gasteiger partial charge in [0.25, 0.3) is 0 Å². The highest BCUT2D eigenvalue weighted by Gasteiger charge is 2.16. The molecule has 0 amide bonds. The van der Waals surface area contributed by atoms with Gasteiger partial charge in [-0.15, -0.1) is 0 Å². The third-order valence-electron chi connectivity index (χ3n) is 3.62. The summed E-state index contributed by atoms with van der Waals surface area (Å²) >= 11 is 0. The Labute approximate surface area is 125 Å². The van der Waals surface area contributed by atoms with E-state index >= 15 is 0 Å². The summed E-state index contributed by atoms with van der Waals surface area (Å²) in [6.07, 6.45) is 4.18. The van der Waals surface area contributed by atoms with Crippen molar-refractivity contribution in [3.63, 3.8) is 0 Å². The Morgan fingerprint density at radius 3 is 2.43 bits per heavy atom. The van der Waals surface area contributed by atoms with Gasteiger partial charge in [0.2, 0.25) is 0 Å². The zero-order valence-electron chi connectivity index (χ0n) is 12.0. The first-order valence-corrected chi connectivity index (χ1v) is 7.36. The van der Waals surface area contributed by atoms with Crippen LogP contribution in [0.5, 0.6) is 0 Å². The minimum absolute atomic E-state index is 0.891. The van der Waals surface area contributed by atoms with Gasteiger partial charge in [0.1, 0.15) is 0 Å². The summed E-state index contributed by atoms with van der Waals surface area (Å²) in [6.45, 7) is 2.05. The summed E-state index contributed by atoms with van der Waals surface area (Å²) in [7, 11) is 0. The summed E-state index contributed by atoms with van der Waals surface area (Å²) in [5.74, 6) is 0. The molecule has 1 aliphatic rings. The molecule has 0 unspecified atom stereocenters. The van der Waals surface area contributed by atoms with Gasteiger partial charge in [-0.2, -0.15) is 10.2 Å². The van der Waals surface area contributed by atoms with Crippen LogP contribution in [0.25, 0.3) is 0 Å². The van der Waals surface area contributed by atoms with Gasteiger partial charge in [-0.25, -0.2) is 0 Å². The summed E-state index contributed by atoms with van der Waals surface area (Å²) < 4.78 is 0. The van der Waals surface area contributed by atoms with E-state index in [1.165, 1.54) is 17.7 Å². The molecule has 3 rings (SSSR count). The van der Waals surface area contributed by atoms with E-state index in [2.05, 4.69) is 45.5 Å². The molecule has 0 bridgehead atoms.